The van der Waals surface area contributed by atoms with Crippen LogP contribution in [0.15, 0.2) is 18.2 Å². The molecule has 0 spiro atoms. The molecule has 90 valence electrons. The Morgan fingerprint density at radius 1 is 1.31 bits per heavy atom. The van der Waals surface area contributed by atoms with E-state index in [4.69, 9.17) is 4.74 Å². The first-order valence-corrected chi connectivity index (χ1v) is 5.55. The number of methoxy groups -OCH3 is 1. The fraction of sp³-hybridized carbons (Fsp3) is 0.462. The van der Waals surface area contributed by atoms with Crippen LogP contribution in [-0.4, -0.2) is 13.0 Å². The zero-order valence-corrected chi connectivity index (χ0v) is 10.5. The average molecular weight is 223 g/mol. The molecule has 0 saturated heterocycles. The van der Waals surface area contributed by atoms with Crippen LogP contribution in [0.25, 0.3) is 0 Å². The fourth-order valence-electron chi connectivity index (χ4n) is 1.70. The zero-order chi connectivity index (χ0) is 12.3. The van der Waals surface area contributed by atoms with E-state index in [1.165, 1.54) is 0 Å². The highest BCUT2D eigenvalue weighted by Crippen LogP contribution is 2.38. The van der Waals surface area contributed by atoms with Crippen LogP contribution in [0.5, 0.6) is 5.75 Å². The minimum atomic E-state index is -0.429. The first-order chi connectivity index (χ1) is 7.55. The van der Waals surface area contributed by atoms with E-state index in [9.17, 15) is 4.79 Å². The van der Waals surface area contributed by atoms with Gasteiger partial charge in [0.15, 0.2) is 0 Å². The molecule has 0 fully saturated rings. The lowest BCUT2D eigenvalue weighted by atomic mass is 9.86. The maximum absolute atomic E-state index is 11.6. The summed E-state index contributed by atoms with van der Waals surface area (Å²) in [4.78, 5) is 11.6. The van der Waals surface area contributed by atoms with E-state index in [-0.39, 0.29) is 7.33 Å². The van der Waals surface area contributed by atoms with Gasteiger partial charge in [-0.05, 0) is 25.5 Å². The van der Waals surface area contributed by atoms with Crippen molar-refractivity contribution in [3.63, 3.8) is 0 Å². The molecule has 0 aromatic heterocycles. The number of fused-ring (bicyclic) bond motifs is 1. The smallest absolute Gasteiger partial charge is 0.234 e. The SMILES string of the molecule is CC.COc1ccc2c(c1)NC(=O)C2(C)C.[HH]. The van der Waals surface area contributed by atoms with Gasteiger partial charge in [-0.25, -0.2) is 0 Å². The lowest BCUT2D eigenvalue weighted by Crippen LogP contribution is -2.26. The maximum Gasteiger partial charge on any atom is 0.234 e. The normalized spacial score (nSPS) is 15.7. The maximum atomic E-state index is 11.6. The van der Waals surface area contributed by atoms with Crippen molar-refractivity contribution in [2.45, 2.75) is 33.1 Å². The second-order valence-corrected chi connectivity index (χ2v) is 3.99. The Morgan fingerprint density at radius 2 is 1.94 bits per heavy atom. The molecule has 0 aliphatic carbocycles. The molecular formula is C13H21NO2. The molecule has 1 N–H and O–H groups in total. The highest BCUT2D eigenvalue weighted by atomic mass is 16.5. The van der Waals surface area contributed by atoms with Gasteiger partial charge in [-0.1, -0.05) is 19.9 Å². The number of carbonyl (C=O) groups excluding carboxylic acids is 1. The number of ether oxygens (including phenoxy) is 1. The largest absolute Gasteiger partial charge is 0.497 e. The Labute approximate surface area is 98.3 Å². The van der Waals surface area contributed by atoms with E-state index < -0.39 is 5.41 Å². The van der Waals surface area contributed by atoms with Crippen LogP contribution in [0.1, 0.15) is 34.7 Å². The fourth-order valence-corrected chi connectivity index (χ4v) is 1.70. The molecule has 1 heterocycles. The molecule has 1 aromatic rings. The Kier molecular flexibility index (Phi) is 3.58. The quantitative estimate of drug-likeness (QED) is 0.794. The van der Waals surface area contributed by atoms with Crippen LogP contribution in [-0.2, 0) is 10.2 Å². The van der Waals surface area contributed by atoms with E-state index in [0.29, 0.717) is 0 Å². The minimum Gasteiger partial charge on any atom is -0.497 e. The predicted octanol–water partition coefficient (Wildman–Crippen LogP) is 3.20. The Bertz CT molecular complexity index is 402. The zero-order valence-electron chi connectivity index (χ0n) is 10.5. The van der Waals surface area contributed by atoms with Crippen LogP contribution in [0.4, 0.5) is 5.69 Å². The first-order valence-electron chi connectivity index (χ1n) is 5.55. The van der Waals surface area contributed by atoms with E-state index in [0.717, 1.165) is 17.0 Å². The van der Waals surface area contributed by atoms with E-state index in [2.05, 4.69) is 5.32 Å². The van der Waals surface area contributed by atoms with E-state index in [1.54, 1.807) is 7.11 Å². The van der Waals surface area contributed by atoms with Gasteiger partial charge >= 0.3 is 0 Å². The molecule has 1 aliphatic rings. The summed E-state index contributed by atoms with van der Waals surface area (Å²) in [6, 6.07) is 5.66. The second-order valence-electron chi connectivity index (χ2n) is 3.99. The molecule has 1 amide bonds. The molecule has 1 aromatic carbocycles. The van der Waals surface area contributed by atoms with Crippen LogP contribution in [0.3, 0.4) is 0 Å². The van der Waals surface area contributed by atoms with E-state index in [1.807, 2.05) is 45.9 Å². The van der Waals surface area contributed by atoms with Gasteiger partial charge in [0.05, 0.1) is 12.5 Å². The van der Waals surface area contributed by atoms with Crippen molar-refractivity contribution in [3.8, 4) is 5.75 Å². The lowest BCUT2D eigenvalue weighted by molar-refractivity contribution is -0.119. The third-order valence-corrected chi connectivity index (χ3v) is 2.72. The highest BCUT2D eigenvalue weighted by molar-refractivity contribution is 6.05. The van der Waals surface area contributed by atoms with Crippen molar-refractivity contribution in [1.29, 1.82) is 0 Å². The Balaban J connectivity index is 0.000000811. The van der Waals surface area contributed by atoms with Gasteiger partial charge in [-0.3, -0.25) is 4.79 Å². The molecule has 16 heavy (non-hydrogen) atoms. The molecule has 3 heteroatoms. The molecule has 0 bridgehead atoms. The summed E-state index contributed by atoms with van der Waals surface area (Å²) in [7, 11) is 1.61. The van der Waals surface area contributed by atoms with Crippen molar-refractivity contribution in [2.75, 3.05) is 12.4 Å². The third-order valence-electron chi connectivity index (χ3n) is 2.72. The monoisotopic (exact) mass is 223 g/mol. The van der Waals surface area contributed by atoms with Gasteiger partial charge in [0.2, 0.25) is 5.91 Å². The number of rotatable bonds is 1. The van der Waals surface area contributed by atoms with Gasteiger partial charge in [0.25, 0.3) is 0 Å². The van der Waals surface area contributed by atoms with Crippen LogP contribution >= 0.6 is 0 Å². The minimum absolute atomic E-state index is 0. The number of amides is 1. The average Bonchev–Trinajstić information content (AvgIpc) is 2.52. The van der Waals surface area contributed by atoms with Crippen molar-refractivity contribution in [1.82, 2.24) is 0 Å². The number of nitrogens with one attached hydrogen (secondary N) is 1. The third kappa shape index (κ3) is 1.90. The summed E-state index contributed by atoms with van der Waals surface area (Å²) in [5, 5.41) is 2.84. The van der Waals surface area contributed by atoms with Crippen LogP contribution in [0, 0.1) is 0 Å². The first kappa shape index (κ1) is 12.6. The van der Waals surface area contributed by atoms with Gasteiger partial charge in [-0.15, -0.1) is 0 Å². The summed E-state index contributed by atoms with van der Waals surface area (Å²) in [5.41, 5.74) is 1.46. The molecule has 0 atom stereocenters. The molecule has 3 nitrogen and oxygen atoms in total. The van der Waals surface area contributed by atoms with Gasteiger partial charge in [0, 0.05) is 13.2 Å². The molecule has 0 saturated carbocycles. The molecule has 0 radical (unpaired) electrons. The number of benzene rings is 1. The van der Waals surface area contributed by atoms with Crippen LogP contribution in [0.2, 0.25) is 0 Å². The summed E-state index contributed by atoms with van der Waals surface area (Å²) < 4.78 is 5.09. The van der Waals surface area contributed by atoms with Crippen molar-refractivity contribution < 1.29 is 11.0 Å². The predicted molar refractivity (Wildman–Crippen MR) is 68.1 cm³/mol. The van der Waals surface area contributed by atoms with Gasteiger partial charge < -0.3 is 10.1 Å². The number of carbonyl (C=O) groups is 1. The number of anilines is 1. The van der Waals surface area contributed by atoms with Crippen molar-refractivity contribution >= 4 is 11.6 Å². The molecular weight excluding hydrogens is 202 g/mol. The summed E-state index contributed by atoms with van der Waals surface area (Å²) in [6.07, 6.45) is 0. The van der Waals surface area contributed by atoms with Crippen LogP contribution < -0.4 is 10.1 Å². The molecule has 0 unspecified atom stereocenters. The Morgan fingerprint density at radius 3 is 2.50 bits per heavy atom. The van der Waals surface area contributed by atoms with Crippen molar-refractivity contribution in [2.24, 2.45) is 0 Å². The lowest BCUT2D eigenvalue weighted by Gasteiger charge is -2.14. The van der Waals surface area contributed by atoms with Gasteiger partial charge in [0.1, 0.15) is 5.75 Å². The van der Waals surface area contributed by atoms with Crippen molar-refractivity contribution in [3.05, 3.63) is 23.8 Å². The van der Waals surface area contributed by atoms with Gasteiger partial charge in [-0.2, -0.15) is 0 Å². The summed E-state index contributed by atoms with van der Waals surface area (Å²) in [5.74, 6) is 0.808. The highest BCUT2D eigenvalue weighted by Gasteiger charge is 2.38. The number of hydrogen-bond donors (Lipinski definition) is 1. The molecule has 1 aliphatic heterocycles. The Hall–Kier alpha value is -1.51. The summed E-state index contributed by atoms with van der Waals surface area (Å²) >= 11 is 0. The molecule has 2 rings (SSSR count). The second kappa shape index (κ2) is 4.56. The standard InChI is InChI=1S/C11H13NO2.C2H6.H2/c1-11(2)8-5-4-7(14-3)6-9(8)12-10(11)13;1-2;/h4-6H,1-3H3,(H,12,13);1-2H3;1H. The topological polar surface area (TPSA) is 38.3 Å². The van der Waals surface area contributed by atoms with E-state index >= 15 is 0 Å². The number of hydrogen-bond acceptors (Lipinski definition) is 2. The summed E-state index contributed by atoms with van der Waals surface area (Å²) in [6.45, 7) is 7.83.